The molecule has 1 atom stereocenters. The Hall–Kier alpha value is -1.63. The minimum Gasteiger partial charge on any atom is -0.390 e. The summed E-state index contributed by atoms with van der Waals surface area (Å²) in [5.74, 6) is 0.627. The zero-order valence-electron chi connectivity index (χ0n) is 25.3. The molecule has 0 aliphatic carbocycles. The molecule has 2 N–H and O–H groups in total. The molecule has 43 heavy (non-hydrogen) atoms. The quantitative estimate of drug-likeness (QED) is 0.373. The lowest BCUT2D eigenvalue weighted by atomic mass is 10.0. The largest absolute Gasteiger partial charge is 0.417 e. The summed E-state index contributed by atoms with van der Waals surface area (Å²) < 4.78 is 43.9. The van der Waals surface area contributed by atoms with Crippen LogP contribution in [0.4, 0.5) is 13.2 Å². The number of hydrogen-bond donors (Lipinski definition) is 2. The van der Waals surface area contributed by atoms with Gasteiger partial charge in [-0.3, -0.25) is 4.68 Å². The number of hydrogen-bond acceptors (Lipinski definition) is 7. The maximum atomic E-state index is 14.0. The molecule has 0 amide bonds. The van der Waals surface area contributed by atoms with E-state index in [1.54, 1.807) is 12.1 Å². The van der Waals surface area contributed by atoms with E-state index in [1.165, 1.54) is 63.0 Å². The van der Waals surface area contributed by atoms with Crippen molar-refractivity contribution in [1.29, 1.82) is 0 Å². The first-order valence-corrected chi connectivity index (χ1v) is 17.3. The number of thioether (sulfide) groups is 1. The van der Waals surface area contributed by atoms with Crippen molar-refractivity contribution in [2.75, 3.05) is 64.7 Å². The number of fused-ring (bicyclic) bond motifs is 1. The van der Waals surface area contributed by atoms with E-state index >= 15 is 0 Å². The Kier molecular flexibility index (Phi) is 10.4. The van der Waals surface area contributed by atoms with Crippen LogP contribution >= 0.6 is 11.8 Å². The average molecular weight is 621 g/mol. The van der Waals surface area contributed by atoms with Gasteiger partial charge in [0.2, 0.25) is 0 Å². The molecule has 5 heterocycles. The Morgan fingerprint density at radius 2 is 1.70 bits per heavy atom. The van der Waals surface area contributed by atoms with Crippen molar-refractivity contribution < 1.29 is 18.3 Å². The fourth-order valence-corrected chi connectivity index (χ4v) is 8.54. The van der Waals surface area contributed by atoms with Gasteiger partial charge >= 0.3 is 6.18 Å². The maximum absolute atomic E-state index is 14.0. The highest BCUT2D eigenvalue weighted by Gasteiger charge is 2.34. The van der Waals surface area contributed by atoms with Gasteiger partial charge < -0.3 is 25.1 Å². The lowest BCUT2D eigenvalue weighted by molar-refractivity contribution is -0.139. The van der Waals surface area contributed by atoms with E-state index in [0.29, 0.717) is 37.0 Å². The molecule has 3 fully saturated rings. The zero-order valence-corrected chi connectivity index (χ0v) is 26.1. The second kappa shape index (κ2) is 14.2. The number of nitrogens with one attached hydrogen (secondary N) is 1. The molecule has 6 rings (SSSR count). The number of aliphatic hydroxyl groups is 1. The third kappa shape index (κ3) is 7.79. The van der Waals surface area contributed by atoms with Gasteiger partial charge in [0.25, 0.3) is 0 Å². The maximum Gasteiger partial charge on any atom is 0.417 e. The number of piperidine rings is 2. The molecule has 7 nitrogen and oxygen atoms in total. The van der Waals surface area contributed by atoms with Crippen LogP contribution in [0.3, 0.4) is 0 Å². The third-order valence-electron chi connectivity index (χ3n) is 9.75. The fourth-order valence-electron chi connectivity index (χ4n) is 7.42. The Labute approximate surface area is 258 Å². The van der Waals surface area contributed by atoms with Gasteiger partial charge in [-0.25, -0.2) is 0 Å². The molecule has 238 valence electrons. The second-order valence-corrected chi connectivity index (χ2v) is 13.9. The van der Waals surface area contributed by atoms with E-state index < -0.39 is 17.8 Å². The summed E-state index contributed by atoms with van der Waals surface area (Å²) in [5.41, 5.74) is 2.99. The Morgan fingerprint density at radius 3 is 2.44 bits per heavy atom. The number of β-amino-alcohol motifs (C(OH)–C–C–N with tert-alkyl or cyclic N) is 1. The first-order valence-electron chi connectivity index (χ1n) is 16.4. The molecular formula is C32H47F3N6OS. The molecule has 0 spiro atoms. The molecule has 0 bridgehead atoms. The number of halogens is 3. The Morgan fingerprint density at radius 1 is 0.953 bits per heavy atom. The van der Waals surface area contributed by atoms with Crippen molar-refractivity contribution in [3.05, 3.63) is 35.0 Å². The molecule has 0 radical (unpaired) electrons. The molecule has 4 aliphatic heterocycles. The van der Waals surface area contributed by atoms with Gasteiger partial charge in [-0.1, -0.05) is 12.5 Å². The number of alkyl halides is 3. The monoisotopic (exact) mass is 620 g/mol. The van der Waals surface area contributed by atoms with Crippen LogP contribution in [-0.2, 0) is 25.7 Å². The lowest BCUT2D eigenvalue weighted by Gasteiger charge is -2.37. The van der Waals surface area contributed by atoms with Crippen LogP contribution in [0.5, 0.6) is 0 Å². The van der Waals surface area contributed by atoms with Crippen molar-refractivity contribution in [3.8, 4) is 11.3 Å². The highest BCUT2D eigenvalue weighted by Crippen LogP contribution is 2.40. The number of aliphatic hydroxyl groups excluding tert-OH is 1. The lowest BCUT2D eigenvalue weighted by Crippen LogP contribution is -2.46. The fraction of sp³-hybridized carbons (Fsp3) is 0.719. The minimum absolute atomic E-state index is 0.270. The van der Waals surface area contributed by atoms with E-state index in [1.807, 2.05) is 4.68 Å². The van der Waals surface area contributed by atoms with Crippen LogP contribution in [0.15, 0.2) is 23.1 Å². The molecule has 4 aliphatic rings. The van der Waals surface area contributed by atoms with Crippen LogP contribution in [-0.4, -0.2) is 106 Å². The molecule has 3 saturated heterocycles. The zero-order chi connectivity index (χ0) is 29.8. The summed E-state index contributed by atoms with van der Waals surface area (Å²) in [6, 6.07) is 5.16. The summed E-state index contributed by atoms with van der Waals surface area (Å²) in [7, 11) is 0. The van der Waals surface area contributed by atoms with Gasteiger partial charge in [0.1, 0.15) is 0 Å². The average Bonchev–Trinajstić information content (AvgIpc) is 3.67. The Bertz CT molecular complexity index is 1200. The summed E-state index contributed by atoms with van der Waals surface area (Å²) in [6.45, 7) is 9.81. The third-order valence-corrected chi connectivity index (χ3v) is 10.8. The van der Waals surface area contributed by atoms with E-state index in [0.717, 1.165) is 75.5 Å². The molecule has 1 unspecified atom stereocenters. The number of rotatable bonds is 10. The predicted molar refractivity (Wildman–Crippen MR) is 165 cm³/mol. The first-order chi connectivity index (χ1) is 20.8. The molecular weight excluding hydrogens is 573 g/mol. The highest BCUT2D eigenvalue weighted by atomic mass is 32.2. The van der Waals surface area contributed by atoms with Crippen molar-refractivity contribution >= 4 is 11.8 Å². The van der Waals surface area contributed by atoms with Crippen LogP contribution < -0.4 is 5.32 Å². The molecule has 0 saturated carbocycles. The molecule has 1 aromatic heterocycles. The first kappa shape index (κ1) is 31.4. The van der Waals surface area contributed by atoms with E-state index in [2.05, 4.69) is 20.0 Å². The standard InChI is InChI=1S/C32H47F3N6OS/c33-32(34,35)28-7-6-24(20-30(28)43-19-18-38-12-2-1-3-13-38)31-27-21-36-11-8-29(27)41(37-31)23-26(42)22-39-16-9-25(10-17-39)40-14-4-5-15-40/h6-7,20,25-26,36,42H,1-5,8-19,21-23H2. The molecule has 11 heteroatoms. The van der Waals surface area contributed by atoms with Crippen LogP contribution in [0.2, 0.25) is 0 Å². The van der Waals surface area contributed by atoms with Gasteiger partial charge in [-0.15, -0.1) is 11.8 Å². The van der Waals surface area contributed by atoms with Gasteiger partial charge in [-0.2, -0.15) is 18.3 Å². The van der Waals surface area contributed by atoms with E-state index in [-0.39, 0.29) is 4.90 Å². The number of nitrogens with zero attached hydrogens (tertiary/aromatic N) is 5. The van der Waals surface area contributed by atoms with Crippen molar-refractivity contribution in [3.63, 3.8) is 0 Å². The van der Waals surface area contributed by atoms with Crippen LogP contribution in [0.1, 0.15) is 61.8 Å². The predicted octanol–water partition coefficient (Wildman–Crippen LogP) is 4.71. The number of likely N-dealkylation sites (tertiary alicyclic amines) is 3. The van der Waals surface area contributed by atoms with Gasteiger partial charge in [-0.05, 0) is 89.9 Å². The summed E-state index contributed by atoms with van der Waals surface area (Å²) >= 11 is 1.30. The smallest absolute Gasteiger partial charge is 0.390 e. The summed E-state index contributed by atoms with van der Waals surface area (Å²) in [6.07, 6.45) is 4.36. The van der Waals surface area contributed by atoms with Gasteiger partial charge in [0.15, 0.2) is 0 Å². The van der Waals surface area contributed by atoms with Gasteiger partial charge in [0.05, 0.1) is 23.9 Å². The summed E-state index contributed by atoms with van der Waals surface area (Å²) in [5, 5.41) is 19.5. The topological polar surface area (TPSA) is 59.8 Å². The van der Waals surface area contributed by atoms with Crippen LogP contribution in [0, 0.1) is 0 Å². The highest BCUT2D eigenvalue weighted by molar-refractivity contribution is 7.99. The summed E-state index contributed by atoms with van der Waals surface area (Å²) in [4.78, 5) is 7.64. The van der Waals surface area contributed by atoms with Crippen molar-refractivity contribution in [2.45, 2.75) is 87.7 Å². The van der Waals surface area contributed by atoms with E-state index in [4.69, 9.17) is 5.10 Å². The number of benzene rings is 1. The van der Waals surface area contributed by atoms with Gasteiger partial charge in [0, 0.05) is 66.1 Å². The second-order valence-electron chi connectivity index (χ2n) is 12.8. The minimum atomic E-state index is -4.40. The van der Waals surface area contributed by atoms with Crippen molar-refractivity contribution in [2.24, 2.45) is 0 Å². The molecule has 1 aromatic carbocycles. The van der Waals surface area contributed by atoms with Crippen LogP contribution in [0.25, 0.3) is 11.3 Å². The number of aromatic nitrogens is 2. The van der Waals surface area contributed by atoms with E-state index in [9.17, 15) is 18.3 Å². The normalized spacial score (nSPS) is 22.2. The Balaban J connectivity index is 1.14. The van der Waals surface area contributed by atoms with Crippen molar-refractivity contribution in [1.82, 2.24) is 29.8 Å². The molecule has 2 aromatic rings. The SMILES string of the molecule is OC(CN1CCC(N2CCCC2)CC1)Cn1nc(-c2ccc(C(F)(F)F)c(SCCN3CCCCC3)c2)c2c1CCNC2.